The van der Waals surface area contributed by atoms with Crippen molar-refractivity contribution in [3.05, 3.63) is 54.2 Å². The van der Waals surface area contributed by atoms with Gasteiger partial charge in [-0.25, -0.2) is 4.98 Å². The van der Waals surface area contributed by atoms with E-state index in [2.05, 4.69) is 88.7 Å². The van der Waals surface area contributed by atoms with E-state index in [0.717, 1.165) is 50.7 Å². The van der Waals surface area contributed by atoms with Crippen LogP contribution in [0.3, 0.4) is 0 Å². The number of nitrogens with zero attached hydrogens (tertiary/aromatic N) is 5. The van der Waals surface area contributed by atoms with Crippen molar-refractivity contribution >= 4 is 22.5 Å². The second kappa shape index (κ2) is 8.19. The third-order valence-corrected chi connectivity index (χ3v) is 7.07. The fraction of sp³-hybridized carbons (Fsp3) is 0.500. The molecule has 2 aromatic heterocycles. The molecule has 4 heterocycles. The summed E-state index contributed by atoms with van der Waals surface area (Å²) in [5.74, 6) is 1.11. The average Bonchev–Trinajstić information content (AvgIpc) is 3.34. The highest BCUT2D eigenvalue weighted by Gasteiger charge is 2.28. The lowest BCUT2D eigenvalue weighted by atomic mass is 9.93. The maximum Gasteiger partial charge on any atom is 0.142 e. The highest BCUT2D eigenvalue weighted by molar-refractivity contribution is 5.78. The molecule has 0 spiro atoms. The predicted octanol–water partition coefficient (Wildman–Crippen LogP) is 4.40. The van der Waals surface area contributed by atoms with Crippen molar-refractivity contribution < 1.29 is 0 Å². The zero-order valence-electron chi connectivity index (χ0n) is 19.2. The first kappa shape index (κ1) is 20.4. The van der Waals surface area contributed by atoms with Crippen molar-refractivity contribution in [1.82, 2.24) is 14.5 Å². The second-order valence-electron chi connectivity index (χ2n) is 10.0. The van der Waals surface area contributed by atoms with Crippen molar-refractivity contribution in [2.75, 3.05) is 55.6 Å². The van der Waals surface area contributed by atoms with Crippen LogP contribution >= 0.6 is 0 Å². The van der Waals surface area contributed by atoms with Crippen molar-refractivity contribution in [3.8, 4) is 0 Å². The van der Waals surface area contributed by atoms with E-state index in [1.807, 2.05) is 0 Å². The number of piperazine rings is 1. The highest BCUT2D eigenvalue weighted by Crippen LogP contribution is 2.29. The van der Waals surface area contributed by atoms with E-state index in [9.17, 15) is 0 Å². The van der Waals surface area contributed by atoms with Gasteiger partial charge in [0, 0.05) is 63.1 Å². The first-order valence-electron chi connectivity index (χ1n) is 11.7. The van der Waals surface area contributed by atoms with Gasteiger partial charge in [0.05, 0.1) is 0 Å². The van der Waals surface area contributed by atoms with E-state index in [4.69, 9.17) is 4.98 Å². The molecule has 0 unspecified atom stereocenters. The largest absolute Gasteiger partial charge is 0.368 e. The lowest BCUT2D eigenvalue weighted by molar-refractivity contribution is 0.282. The van der Waals surface area contributed by atoms with Crippen molar-refractivity contribution in [1.29, 1.82) is 0 Å². The molecule has 0 saturated carbocycles. The minimum absolute atomic E-state index is 0.463. The molecule has 3 aromatic rings. The molecule has 31 heavy (non-hydrogen) atoms. The standard InChI is InChI=1S/C26H35N5/c1-21-6-4-5-7-23(21)29-16-18-30(19-17-29)24-9-8-22-10-12-31(25(22)27-24)15-14-28-13-11-26(2,3)20-28/h4-10,12H,11,13-20H2,1-3H3. The fourth-order valence-electron chi connectivity index (χ4n) is 5.17. The fourth-order valence-corrected chi connectivity index (χ4v) is 5.17. The Labute approximate surface area is 186 Å². The lowest BCUT2D eigenvalue weighted by Gasteiger charge is -2.37. The maximum absolute atomic E-state index is 5.10. The Hall–Kier alpha value is -2.53. The van der Waals surface area contributed by atoms with Crippen molar-refractivity contribution in [2.24, 2.45) is 5.41 Å². The number of hydrogen-bond donors (Lipinski definition) is 0. The van der Waals surface area contributed by atoms with Gasteiger partial charge < -0.3 is 19.3 Å². The molecule has 2 aliphatic rings. The van der Waals surface area contributed by atoms with Crippen molar-refractivity contribution in [2.45, 2.75) is 33.7 Å². The van der Waals surface area contributed by atoms with Gasteiger partial charge in [0.15, 0.2) is 0 Å². The number of pyridine rings is 1. The molecule has 0 amide bonds. The lowest BCUT2D eigenvalue weighted by Crippen LogP contribution is -2.47. The highest BCUT2D eigenvalue weighted by atomic mass is 15.3. The minimum Gasteiger partial charge on any atom is -0.368 e. The first-order valence-corrected chi connectivity index (χ1v) is 11.7. The number of hydrogen-bond acceptors (Lipinski definition) is 4. The third kappa shape index (κ3) is 4.29. The molecule has 164 valence electrons. The van der Waals surface area contributed by atoms with E-state index in [0.29, 0.717) is 5.41 Å². The Balaban J connectivity index is 1.26. The Morgan fingerprint density at radius 3 is 2.39 bits per heavy atom. The van der Waals surface area contributed by atoms with E-state index >= 15 is 0 Å². The smallest absolute Gasteiger partial charge is 0.142 e. The maximum atomic E-state index is 5.10. The van der Waals surface area contributed by atoms with Gasteiger partial charge in [-0.1, -0.05) is 32.0 Å². The molecule has 0 N–H and O–H groups in total. The van der Waals surface area contributed by atoms with Crippen LogP contribution in [0.25, 0.3) is 11.0 Å². The second-order valence-corrected chi connectivity index (χ2v) is 10.0. The summed E-state index contributed by atoms with van der Waals surface area (Å²) in [6.45, 7) is 15.6. The summed E-state index contributed by atoms with van der Waals surface area (Å²) in [5.41, 5.74) is 4.31. The van der Waals surface area contributed by atoms with Crippen LogP contribution in [0.4, 0.5) is 11.5 Å². The summed E-state index contributed by atoms with van der Waals surface area (Å²) in [6, 6.07) is 15.3. The van der Waals surface area contributed by atoms with Crippen LogP contribution in [0.2, 0.25) is 0 Å². The summed E-state index contributed by atoms with van der Waals surface area (Å²) < 4.78 is 2.34. The Morgan fingerprint density at radius 1 is 0.871 bits per heavy atom. The van der Waals surface area contributed by atoms with Gasteiger partial charge in [-0.3, -0.25) is 0 Å². The monoisotopic (exact) mass is 417 g/mol. The molecule has 5 heteroatoms. The summed E-state index contributed by atoms with van der Waals surface area (Å²) in [4.78, 5) is 12.6. The molecule has 0 bridgehead atoms. The molecule has 0 radical (unpaired) electrons. The number of anilines is 2. The molecular weight excluding hydrogens is 382 g/mol. The van der Waals surface area contributed by atoms with Crippen LogP contribution < -0.4 is 9.80 Å². The van der Waals surface area contributed by atoms with Gasteiger partial charge in [-0.2, -0.15) is 0 Å². The zero-order chi connectivity index (χ0) is 21.4. The molecule has 5 nitrogen and oxygen atoms in total. The molecule has 2 fully saturated rings. The van der Waals surface area contributed by atoms with Gasteiger partial charge >= 0.3 is 0 Å². The normalized spacial score (nSPS) is 19.5. The Bertz CT molecular complexity index is 1040. The van der Waals surface area contributed by atoms with E-state index < -0.39 is 0 Å². The first-order chi connectivity index (χ1) is 15.0. The van der Waals surface area contributed by atoms with Crippen LogP contribution in [0.5, 0.6) is 0 Å². The summed E-state index contributed by atoms with van der Waals surface area (Å²) in [7, 11) is 0. The number of aromatic nitrogens is 2. The van der Waals surface area contributed by atoms with Crippen LogP contribution in [-0.4, -0.2) is 60.3 Å². The van der Waals surface area contributed by atoms with Crippen LogP contribution in [0, 0.1) is 12.3 Å². The predicted molar refractivity (Wildman–Crippen MR) is 130 cm³/mol. The quantitative estimate of drug-likeness (QED) is 0.615. The van der Waals surface area contributed by atoms with E-state index in [1.54, 1.807) is 0 Å². The number of benzene rings is 1. The zero-order valence-corrected chi connectivity index (χ0v) is 19.2. The average molecular weight is 418 g/mol. The van der Waals surface area contributed by atoms with Gasteiger partial charge in [0.25, 0.3) is 0 Å². The topological polar surface area (TPSA) is 27.5 Å². The molecule has 2 saturated heterocycles. The number of rotatable bonds is 5. The minimum atomic E-state index is 0.463. The van der Waals surface area contributed by atoms with Gasteiger partial charge in [0.1, 0.15) is 11.5 Å². The van der Waals surface area contributed by atoms with Gasteiger partial charge in [-0.05, 0) is 55.1 Å². The summed E-state index contributed by atoms with van der Waals surface area (Å²) in [5, 5.41) is 1.24. The molecule has 1 aromatic carbocycles. The molecule has 0 aliphatic carbocycles. The van der Waals surface area contributed by atoms with Crippen molar-refractivity contribution in [3.63, 3.8) is 0 Å². The SMILES string of the molecule is Cc1ccccc1N1CCN(c2ccc3ccn(CCN4CCC(C)(C)C4)c3n2)CC1. The number of likely N-dealkylation sites (tertiary alicyclic amines) is 1. The number of para-hydroxylation sites is 1. The molecular formula is C26H35N5. The van der Waals surface area contributed by atoms with E-state index in [1.165, 1.54) is 36.1 Å². The van der Waals surface area contributed by atoms with Crippen LogP contribution in [0.1, 0.15) is 25.8 Å². The Kier molecular flexibility index (Phi) is 5.39. The Morgan fingerprint density at radius 2 is 1.65 bits per heavy atom. The number of fused-ring (bicyclic) bond motifs is 1. The molecule has 0 atom stereocenters. The third-order valence-electron chi connectivity index (χ3n) is 7.07. The summed E-state index contributed by atoms with van der Waals surface area (Å²) >= 11 is 0. The molecule has 2 aliphatic heterocycles. The van der Waals surface area contributed by atoms with Crippen LogP contribution in [-0.2, 0) is 6.54 Å². The number of aryl methyl sites for hydroxylation is 1. The van der Waals surface area contributed by atoms with E-state index in [-0.39, 0.29) is 0 Å². The van der Waals surface area contributed by atoms with Gasteiger partial charge in [-0.15, -0.1) is 0 Å². The molecule has 5 rings (SSSR count). The van der Waals surface area contributed by atoms with Gasteiger partial charge in [0.2, 0.25) is 0 Å². The summed E-state index contributed by atoms with van der Waals surface area (Å²) in [6.07, 6.45) is 3.51. The van der Waals surface area contributed by atoms with Crippen LogP contribution in [0.15, 0.2) is 48.7 Å².